The van der Waals surface area contributed by atoms with Gasteiger partial charge < -0.3 is 15.4 Å². The summed E-state index contributed by atoms with van der Waals surface area (Å²) in [6, 6.07) is 24.0. The van der Waals surface area contributed by atoms with Gasteiger partial charge >= 0.3 is 0 Å². The van der Waals surface area contributed by atoms with Gasteiger partial charge in [0.1, 0.15) is 5.75 Å². The molecule has 0 spiro atoms. The Morgan fingerprint density at radius 3 is 2.32 bits per heavy atom. The Balaban J connectivity index is 1.10. The Morgan fingerprint density at radius 1 is 0.841 bits per heavy atom. The lowest BCUT2D eigenvalue weighted by molar-refractivity contribution is -0.118. The van der Waals surface area contributed by atoms with E-state index >= 15 is 0 Å². The number of carbonyl (C=O) groups is 2. The van der Waals surface area contributed by atoms with Crippen LogP contribution in [0.3, 0.4) is 0 Å². The van der Waals surface area contributed by atoms with E-state index in [1.165, 1.54) is 23.6 Å². The molecule has 13 heteroatoms. The molecule has 44 heavy (non-hydrogen) atoms. The van der Waals surface area contributed by atoms with Crippen LogP contribution in [0, 0.1) is 0 Å². The van der Waals surface area contributed by atoms with Crippen molar-refractivity contribution in [3.05, 3.63) is 122 Å². The van der Waals surface area contributed by atoms with E-state index in [4.69, 9.17) is 51.1 Å². The van der Waals surface area contributed by atoms with Gasteiger partial charge in [0, 0.05) is 32.9 Å². The number of nitrogens with one attached hydrogen (secondary N) is 3. The minimum atomic E-state index is -0.400. The second-order valence-corrected chi connectivity index (χ2v) is 11.6. The lowest BCUT2D eigenvalue weighted by atomic mass is 10.1. The van der Waals surface area contributed by atoms with Gasteiger partial charge in [-0.25, -0.2) is 10.4 Å². The molecular weight excluding hydrogens is 664 g/mol. The average molecular weight is 685 g/mol. The largest absolute Gasteiger partial charge is 0.482 e. The van der Waals surface area contributed by atoms with E-state index in [0.717, 1.165) is 22.1 Å². The van der Waals surface area contributed by atoms with Gasteiger partial charge in [-0.05, 0) is 78.4 Å². The third kappa shape index (κ3) is 8.49. The number of nitrogens with zero attached hydrogens (tertiary/aromatic N) is 2. The van der Waals surface area contributed by atoms with Gasteiger partial charge in [0.15, 0.2) is 11.7 Å². The van der Waals surface area contributed by atoms with Crippen LogP contribution >= 0.6 is 57.7 Å². The Labute approximate surface area is 276 Å². The highest BCUT2D eigenvalue weighted by molar-refractivity contribution is 7.14. The van der Waals surface area contributed by atoms with Crippen molar-refractivity contribution in [2.75, 3.05) is 17.2 Å². The number of hydrogen-bond acceptors (Lipinski definition) is 7. The summed E-state index contributed by atoms with van der Waals surface area (Å²) < 4.78 is 5.52. The summed E-state index contributed by atoms with van der Waals surface area (Å²) in [5.74, 6) is -0.469. The van der Waals surface area contributed by atoms with E-state index in [1.54, 1.807) is 54.6 Å². The highest BCUT2D eigenvalue weighted by Crippen LogP contribution is 2.29. The summed E-state index contributed by atoms with van der Waals surface area (Å²) in [5.41, 5.74) is 6.57. The average Bonchev–Trinajstić information content (AvgIpc) is 3.48. The van der Waals surface area contributed by atoms with Crippen molar-refractivity contribution in [3.63, 3.8) is 0 Å². The van der Waals surface area contributed by atoms with Crippen LogP contribution in [0.2, 0.25) is 20.1 Å². The highest BCUT2D eigenvalue weighted by Gasteiger charge is 2.10. The van der Waals surface area contributed by atoms with Gasteiger partial charge in [-0.1, -0.05) is 58.5 Å². The molecule has 2 amide bonds. The van der Waals surface area contributed by atoms with Crippen molar-refractivity contribution in [3.8, 4) is 17.0 Å². The number of hydrogen-bond donors (Lipinski definition) is 3. The number of anilines is 3. The maximum absolute atomic E-state index is 12.6. The van der Waals surface area contributed by atoms with Crippen molar-refractivity contribution in [2.24, 2.45) is 5.10 Å². The fourth-order valence-corrected chi connectivity index (χ4v) is 5.18. The fraction of sp³-hybridized carbons (Fsp3) is 0.0323. The third-order valence-corrected chi connectivity index (χ3v) is 7.98. The molecule has 0 aliphatic carbocycles. The number of benzene rings is 4. The van der Waals surface area contributed by atoms with Crippen LogP contribution in [0.4, 0.5) is 16.5 Å². The maximum atomic E-state index is 12.6. The molecule has 0 aliphatic rings. The fourth-order valence-electron chi connectivity index (χ4n) is 3.77. The maximum Gasteiger partial charge on any atom is 0.271 e. The molecule has 0 unspecified atom stereocenters. The van der Waals surface area contributed by atoms with Crippen molar-refractivity contribution < 1.29 is 14.3 Å². The zero-order valence-electron chi connectivity index (χ0n) is 22.5. The van der Waals surface area contributed by atoms with Gasteiger partial charge in [-0.3, -0.25) is 9.59 Å². The van der Waals surface area contributed by atoms with Crippen LogP contribution in [0.15, 0.2) is 95.4 Å². The van der Waals surface area contributed by atoms with E-state index in [-0.39, 0.29) is 17.5 Å². The summed E-state index contributed by atoms with van der Waals surface area (Å²) in [7, 11) is 0. The van der Waals surface area contributed by atoms with Gasteiger partial charge in [0.05, 0.1) is 27.0 Å². The molecule has 222 valence electrons. The van der Waals surface area contributed by atoms with E-state index in [2.05, 4.69) is 26.1 Å². The number of thiazole rings is 1. The minimum absolute atomic E-state index is 0.270. The number of carbonyl (C=O) groups excluding carboxylic acids is 2. The van der Waals surface area contributed by atoms with Crippen LogP contribution in [-0.2, 0) is 4.79 Å². The molecule has 5 aromatic rings. The molecule has 0 saturated carbocycles. The zero-order chi connectivity index (χ0) is 31.1. The second-order valence-electron chi connectivity index (χ2n) is 9.10. The minimum Gasteiger partial charge on any atom is -0.482 e. The molecule has 0 saturated heterocycles. The topological polar surface area (TPSA) is 105 Å². The van der Waals surface area contributed by atoms with Gasteiger partial charge in [-0.2, -0.15) is 5.10 Å². The Bertz CT molecular complexity index is 1830. The molecule has 8 nitrogen and oxygen atoms in total. The van der Waals surface area contributed by atoms with Crippen LogP contribution in [-0.4, -0.2) is 29.6 Å². The molecule has 0 fully saturated rings. The van der Waals surface area contributed by atoms with E-state index in [9.17, 15) is 9.59 Å². The normalized spacial score (nSPS) is 10.9. The first-order chi connectivity index (χ1) is 21.2. The molecule has 0 bridgehead atoms. The molecule has 0 aliphatic heterocycles. The summed E-state index contributed by atoms with van der Waals surface area (Å²) in [6.07, 6.45) is 1.45. The first kappa shape index (κ1) is 31.3. The molecular formula is C31H21Cl4N5O3S. The molecule has 3 N–H and O–H groups in total. The molecule has 4 aromatic carbocycles. The number of halogens is 4. The highest BCUT2D eigenvalue weighted by atomic mass is 35.5. The second kappa shape index (κ2) is 14.6. The van der Waals surface area contributed by atoms with Crippen LogP contribution in [0.25, 0.3) is 11.3 Å². The summed E-state index contributed by atoms with van der Waals surface area (Å²) >= 11 is 25.6. The van der Waals surface area contributed by atoms with Crippen LogP contribution in [0.1, 0.15) is 15.9 Å². The number of amides is 2. The number of aromatic nitrogens is 1. The molecule has 0 radical (unpaired) electrons. The molecule has 0 atom stereocenters. The van der Waals surface area contributed by atoms with E-state index in [1.807, 2.05) is 29.6 Å². The lowest BCUT2D eigenvalue weighted by Gasteiger charge is -2.10. The SMILES string of the molecule is O=C(COc1ccc(/C=N\NC(=O)c2ccc(-c3csc(Nc4ccc(Cl)cc4)n3)cc2)cc1Cl)Nc1ccc(Cl)c(Cl)c1. The predicted octanol–water partition coefficient (Wildman–Crippen LogP) is 8.95. The van der Waals surface area contributed by atoms with Crippen LogP contribution in [0.5, 0.6) is 5.75 Å². The molecule has 1 aromatic heterocycles. The lowest BCUT2D eigenvalue weighted by Crippen LogP contribution is -2.20. The Kier molecular flexibility index (Phi) is 10.4. The van der Waals surface area contributed by atoms with Gasteiger partial charge in [0.25, 0.3) is 11.8 Å². The summed E-state index contributed by atoms with van der Waals surface area (Å²) in [4.78, 5) is 29.4. The van der Waals surface area contributed by atoms with Crippen molar-refractivity contribution in [1.82, 2.24) is 10.4 Å². The Morgan fingerprint density at radius 2 is 1.59 bits per heavy atom. The van der Waals surface area contributed by atoms with Gasteiger partial charge in [-0.15, -0.1) is 11.3 Å². The summed E-state index contributed by atoms with van der Waals surface area (Å²) in [6.45, 7) is -0.272. The smallest absolute Gasteiger partial charge is 0.271 e. The standard InChI is InChI=1S/C31H21Cl4N5O3S/c32-21-6-8-22(9-7-21)38-31-39-27(17-44-31)19-2-4-20(5-3-19)30(42)40-36-15-18-1-12-28(26(35)13-18)43-16-29(41)37-23-10-11-24(33)25(34)14-23/h1-15,17H,16H2,(H,37,41)(H,38,39)(H,40,42)/b36-15-. The number of hydrazone groups is 1. The van der Waals surface area contributed by atoms with Gasteiger partial charge in [0.2, 0.25) is 0 Å². The zero-order valence-corrected chi connectivity index (χ0v) is 26.3. The number of rotatable bonds is 10. The van der Waals surface area contributed by atoms with E-state index < -0.39 is 5.91 Å². The van der Waals surface area contributed by atoms with Crippen molar-refractivity contribution in [2.45, 2.75) is 0 Å². The molecule has 5 rings (SSSR count). The first-order valence-electron chi connectivity index (χ1n) is 12.8. The van der Waals surface area contributed by atoms with E-state index in [0.29, 0.717) is 37.6 Å². The monoisotopic (exact) mass is 683 g/mol. The van der Waals surface area contributed by atoms with Crippen molar-refractivity contribution >= 4 is 92.3 Å². The number of ether oxygens (including phenoxy) is 1. The first-order valence-corrected chi connectivity index (χ1v) is 15.2. The third-order valence-electron chi connectivity index (χ3n) is 5.94. The quantitative estimate of drug-likeness (QED) is 0.101. The molecule has 1 heterocycles. The van der Waals surface area contributed by atoms with Crippen molar-refractivity contribution in [1.29, 1.82) is 0 Å². The predicted molar refractivity (Wildman–Crippen MR) is 179 cm³/mol. The van der Waals surface area contributed by atoms with Crippen LogP contribution < -0.4 is 20.8 Å². The summed E-state index contributed by atoms with van der Waals surface area (Å²) in [5, 5.41) is 14.2. The Hall–Kier alpha value is -4.12.